The molecule has 0 saturated heterocycles. The summed E-state index contributed by atoms with van der Waals surface area (Å²) in [5.74, 6) is 2.45. The molecule has 1 heterocycles. The van der Waals surface area contributed by atoms with Gasteiger partial charge in [-0.3, -0.25) is 4.68 Å². The maximum Gasteiger partial charge on any atom is 0.319 e. The molecule has 1 aromatic heterocycles. The van der Waals surface area contributed by atoms with Crippen LogP contribution in [-0.2, 0) is 6.54 Å². The van der Waals surface area contributed by atoms with Crippen LogP contribution in [0.2, 0.25) is 5.02 Å². The molecule has 142 valence electrons. The number of anilines is 1. The van der Waals surface area contributed by atoms with Gasteiger partial charge in [0, 0.05) is 16.8 Å². The normalized spacial score (nSPS) is 31.1. The molecule has 27 heavy (non-hydrogen) atoms. The van der Waals surface area contributed by atoms with Crippen LogP contribution < -0.4 is 10.6 Å². The predicted molar refractivity (Wildman–Crippen MR) is 106 cm³/mol. The van der Waals surface area contributed by atoms with Gasteiger partial charge in [0.15, 0.2) is 0 Å². The standard InChI is InChI=1S/C21H25ClN4O/c22-18-3-1-2-14(7-18)12-26-13-19(11-23-26)24-20(27)25-21-8-15-4-16(9-21)6-17(5-15)10-21/h1-3,7,11,13,15-17H,4-6,8-10,12H2,(H2,24,25,27). The number of aromatic nitrogens is 2. The second-order valence-corrected chi connectivity index (χ2v) is 9.27. The predicted octanol–water partition coefficient (Wildman–Crippen LogP) is 4.68. The lowest BCUT2D eigenvalue weighted by Crippen LogP contribution is -2.60. The summed E-state index contributed by atoms with van der Waals surface area (Å²) < 4.78 is 1.81. The van der Waals surface area contributed by atoms with Gasteiger partial charge < -0.3 is 10.6 Å². The van der Waals surface area contributed by atoms with E-state index in [1.807, 2.05) is 35.1 Å². The van der Waals surface area contributed by atoms with Crippen molar-refractivity contribution >= 4 is 23.3 Å². The van der Waals surface area contributed by atoms with Crippen LogP contribution in [0.3, 0.4) is 0 Å². The van der Waals surface area contributed by atoms with Crippen LogP contribution >= 0.6 is 11.6 Å². The maximum atomic E-state index is 12.6. The minimum Gasteiger partial charge on any atom is -0.332 e. The average molecular weight is 385 g/mol. The largest absolute Gasteiger partial charge is 0.332 e. The number of nitrogens with one attached hydrogen (secondary N) is 2. The van der Waals surface area contributed by atoms with Gasteiger partial charge in [0.05, 0.1) is 18.4 Å². The summed E-state index contributed by atoms with van der Waals surface area (Å²) in [6, 6.07) is 7.63. The Labute approximate surface area is 164 Å². The van der Waals surface area contributed by atoms with Crippen molar-refractivity contribution in [1.29, 1.82) is 0 Å². The topological polar surface area (TPSA) is 59.0 Å². The van der Waals surface area contributed by atoms with E-state index in [2.05, 4.69) is 15.7 Å². The van der Waals surface area contributed by atoms with E-state index in [9.17, 15) is 4.79 Å². The Hall–Kier alpha value is -2.01. The van der Waals surface area contributed by atoms with Crippen molar-refractivity contribution in [2.45, 2.75) is 50.6 Å². The second kappa shape index (κ2) is 6.55. The Bertz CT molecular complexity index is 826. The monoisotopic (exact) mass is 384 g/mol. The number of hydrogen-bond acceptors (Lipinski definition) is 2. The lowest BCUT2D eigenvalue weighted by Gasteiger charge is -2.56. The van der Waals surface area contributed by atoms with Crippen molar-refractivity contribution in [2.24, 2.45) is 17.8 Å². The van der Waals surface area contributed by atoms with E-state index in [1.165, 1.54) is 19.3 Å². The van der Waals surface area contributed by atoms with Gasteiger partial charge in [-0.2, -0.15) is 5.10 Å². The first kappa shape index (κ1) is 17.1. The fourth-order valence-corrected chi connectivity index (χ4v) is 6.22. The number of nitrogens with zero attached hydrogens (tertiary/aromatic N) is 2. The molecule has 4 saturated carbocycles. The van der Waals surface area contributed by atoms with Crippen LogP contribution in [0.15, 0.2) is 36.7 Å². The molecule has 6 rings (SSSR count). The number of hydrogen-bond donors (Lipinski definition) is 2. The fraction of sp³-hybridized carbons (Fsp3) is 0.524. The molecule has 1 aromatic carbocycles. The zero-order valence-corrected chi connectivity index (χ0v) is 16.1. The van der Waals surface area contributed by atoms with E-state index in [0.29, 0.717) is 11.6 Å². The first-order valence-electron chi connectivity index (χ1n) is 9.91. The summed E-state index contributed by atoms with van der Waals surface area (Å²) in [7, 11) is 0. The summed E-state index contributed by atoms with van der Waals surface area (Å²) in [4.78, 5) is 12.6. The Morgan fingerprint density at radius 3 is 2.56 bits per heavy atom. The summed E-state index contributed by atoms with van der Waals surface area (Å²) in [6.45, 7) is 0.624. The third-order valence-electron chi connectivity index (χ3n) is 6.54. The fourth-order valence-electron chi connectivity index (χ4n) is 6.00. The molecule has 2 amide bonds. The lowest BCUT2D eigenvalue weighted by molar-refractivity contribution is -0.0127. The maximum absolute atomic E-state index is 12.6. The molecule has 5 nitrogen and oxygen atoms in total. The minimum absolute atomic E-state index is 0.0234. The molecule has 0 spiro atoms. The number of halogens is 1. The van der Waals surface area contributed by atoms with Gasteiger partial charge in [0.1, 0.15) is 0 Å². The van der Waals surface area contributed by atoms with E-state index in [0.717, 1.165) is 48.3 Å². The van der Waals surface area contributed by atoms with Gasteiger partial charge >= 0.3 is 6.03 Å². The quantitative estimate of drug-likeness (QED) is 0.804. The molecular formula is C21H25ClN4O. The highest BCUT2D eigenvalue weighted by atomic mass is 35.5. The Morgan fingerprint density at radius 2 is 1.89 bits per heavy atom. The summed E-state index contributed by atoms with van der Waals surface area (Å²) >= 11 is 6.04. The van der Waals surface area contributed by atoms with Crippen LogP contribution in [0, 0.1) is 17.8 Å². The third kappa shape index (κ3) is 3.57. The molecule has 0 unspecified atom stereocenters. The number of carbonyl (C=O) groups is 1. The number of carbonyl (C=O) groups excluding carboxylic acids is 1. The van der Waals surface area contributed by atoms with E-state index < -0.39 is 0 Å². The highest BCUT2D eigenvalue weighted by Crippen LogP contribution is 2.55. The van der Waals surface area contributed by atoms with Crippen LogP contribution in [0.1, 0.15) is 44.1 Å². The van der Waals surface area contributed by atoms with Gasteiger partial charge in [-0.1, -0.05) is 23.7 Å². The molecule has 4 aliphatic rings. The molecule has 2 N–H and O–H groups in total. The zero-order chi connectivity index (χ0) is 18.4. The number of benzene rings is 1. The van der Waals surface area contributed by atoms with E-state index in [-0.39, 0.29) is 11.6 Å². The summed E-state index contributed by atoms with van der Waals surface area (Å²) in [5.41, 5.74) is 1.82. The highest BCUT2D eigenvalue weighted by molar-refractivity contribution is 6.30. The van der Waals surface area contributed by atoms with E-state index in [4.69, 9.17) is 11.6 Å². The van der Waals surface area contributed by atoms with Gasteiger partial charge in [-0.15, -0.1) is 0 Å². The number of rotatable bonds is 4. The van der Waals surface area contributed by atoms with Crippen LogP contribution in [0.25, 0.3) is 0 Å². The average Bonchev–Trinajstić information content (AvgIpc) is 2.99. The molecule has 4 fully saturated rings. The SMILES string of the molecule is O=C(Nc1cnn(Cc2cccc(Cl)c2)c1)NC12CC3CC(CC(C3)C1)C2. The molecule has 2 aromatic rings. The van der Waals surface area contributed by atoms with Gasteiger partial charge in [-0.25, -0.2) is 4.79 Å². The molecular weight excluding hydrogens is 360 g/mol. The Kier molecular flexibility index (Phi) is 4.15. The van der Waals surface area contributed by atoms with Crippen molar-refractivity contribution in [3.8, 4) is 0 Å². The van der Waals surface area contributed by atoms with Crippen molar-refractivity contribution in [3.05, 3.63) is 47.2 Å². The lowest BCUT2D eigenvalue weighted by atomic mass is 9.53. The second-order valence-electron chi connectivity index (χ2n) is 8.83. The van der Waals surface area contributed by atoms with Crippen molar-refractivity contribution in [3.63, 3.8) is 0 Å². The van der Waals surface area contributed by atoms with Gasteiger partial charge in [0.2, 0.25) is 0 Å². The van der Waals surface area contributed by atoms with Crippen LogP contribution in [0.5, 0.6) is 0 Å². The summed E-state index contributed by atoms with van der Waals surface area (Å²) in [6.07, 6.45) is 11.1. The molecule has 0 atom stereocenters. The van der Waals surface area contributed by atoms with Crippen molar-refractivity contribution < 1.29 is 4.79 Å². The molecule has 4 aliphatic carbocycles. The molecule has 0 radical (unpaired) electrons. The smallest absolute Gasteiger partial charge is 0.319 e. The van der Waals surface area contributed by atoms with E-state index in [1.54, 1.807) is 6.20 Å². The molecule has 4 bridgehead atoms. The molecule has 0 aliphatic heterocycles. The first-order valence-corrected chi connectivity index (χ1v) is 10.3. The van der Waals surface area contributed by atoms with Crippen molar-refractivity contribution in [2.75, 3.05) is 5.32 Å². The van der Waals surface area contributed by atoms with Crippen LogP contribution in [-0.4, -0.2) is 21.4 Å². The van der Waals surface area contributed by atoms with Gasteiger partial charge in [-0.05, 0) is 74.0 Å². The third-order valence-corrected chi connectivity index (χ3v) is 6.78. The Morgan fingerprint density at radius 1 is 1.19 bits per heavy atom. The minimum atomic E-state index is -0.0979. The van der Waals surface area contributed by atoms with E-state index >= 15 is 0 Å². The zero-order valence-electron chi connectivity index (χ0n) is 15.3. The Balaban J connectivity index is 1.21. The highest BCUT2D eigenvalue weighted by Gasteiger charge is 2.51. The van der Waals surface area contributed by atoms with Crippen LogP contribution in [0.4, 0.5) is 10.5 Å². The van der Waals surface area contributed by atoms with Gasteiger partial charge in [0.25, 0.3) is 0 Å². The number of urea groups is 1. The first-order chi connectivity index (χ1) is 13.1. The number of amides is 2. The van der Waals surface area contributed by atoms with Crippen molar-refractivity contribution in [1.82, 2.24) is 15.1 Å². The molecule has 6 heteroatoms. The summed E-state index contributed by atoms with van der Waals surface area (Å²) in [5, 5.41) is 11.4.